The molecule has 2 aliphatic heterocycles. The van der Waals surface area contributed by atoms with Crippen molar-refractivity contribution in [3.05, 3.63) is 33.9 Å². The second kappa shape index (κ2) is 14.6. The van der Waals surface area contributed by atoms with Crippen molar-refractivity contribution in [3.63, 3.8) is 0 Å². The molecule has 0 aliphatic carbocycles. The highest BCUT2D eigenvalue weighted by molar-refractivity contribution is 5.99. The van der Waals surface area contributed by atoms with E-state index in [-0.39, 0.29) is 49.6 Å². The second-order valence-electron chi connectivity index (χ2n) is 9.37. The van der Waals surface area contributed by atoms with Gasteiger partial charge in [0.15, 0.2) is 5.75 Å². The monoisotopic (exact) mass is 547 g/mol. The van der Waals surface area contributed by atoms with E-state index in [1.54, 1.807) is 0 Å². The van der Waals surface area contributed by atoms with Crippen LogP contribution in [0.1, 0.15) is 59.7 Å². The number of cyclic esters (lactones) is 1. The molecular weight excluding hydrogens is 510 g/mol. The van der Waals surface area contributed by atoms with Gasteiger partial charge in [-0.25, -0.2) is 4.79 Å². The Kier molecular flexibility index (Phi) is 11.3. The summed E-state index contributed by atoms with van der Waals surface area (Å²) in [6, 6.07) is 0. The molecule has 2 aliphatic rings. The molecule has 3 rings (SSSR count). The number of allylic oxidation sites excluding steroid dienone is 2. The van der Waals surface area contributed by atoms with Crippen molar-refractivity contribution in [2.45, 2.75) is 52.6 Å². The summed E-state index contributed by atoms with van der Waals surface area (Å²) in [6.07, 6.45) is 2.53. The number of nitrogens with zero attached hydrogens (tertiary/aromatic N) is 1. The Morgan fingerprint density at radius 3 is 2.36 bits per heavy atom. The zero-order valence-corrected chi connectivity index (χ0v) is 23.1. The fourth-order valence-electron chi connectivity index (χ4n) is 4.46. The third-order valence-electron chi connectivity index (χ3n) is 6.76. The summed E-state index contributed by atoms with van der Waals surface area (Å²) in [5, 5.41) is 0. The maximum absolute atomic E-state index is 12.6. The third kappa shape index (κ3) is 8.27. The molecule has 0 amide bonds. The largest absolute Gasteiger partial charge is 0.496 e. The van der Waals surface area contributed by atoms with Gasteiger partial charge >= 0.3 is 23.9 Å². The van der Waals surface area contributed by atoms with E-state index in [1.807, 2.05) is 19.9 Å². The average Bonchev–Trinajstić information content (AvgIpc) is 3.33. The van der Waals surface area contributed by atoms with Crippen molar-refractivity contribution in [3.8, 4) is 11.5 Å². The molecule has 39 heavy (non-hydrogen) atoms. The van der Waals surface area contributed by atoms with E-state index < -0.39 is 17.9 Å². The molecule has 1 aromatic carbocycles. The van der Waals surface area contributed by atoms with Crippen molar-refractivity contribution in [2.75, 3.05) is 53.7 Å². The molecule has 0 atom stereocenters. The normalized spacial score (nSPS) is 15.4. The molecule has 1 aromatic rings. The molecule has 0 N–H and O–H groups in total. The molecule has 11 heteroatoms. The van der Waals surface area contributed by atoms with Gasteiger partial charge < -0.3 is 28.4 Å². The highest BCUT2D eigenvalue weighted by atomic mass is 16.6. The summed E-state index contributed by atoms with van der Waals surface area (Å²) in [7, 11) is 2.74. The highest BCUT2D eigenvalue weighted by Gasteiger charge is 2.34. The Bertz CT molecular complexity index is 1100. The summed E-state index contributed by atoms with van der Waals surface area (Å²) in [4.78, 5) is 51.1. The van der Waals surface area contributed by atoms with E-state index in [9.17, 15) is 19.2 Å². The minimum atomic E-state index is -0.685. The van der Waals surface area contributed by atoms with Crippen LogP contribution >= 0.6 is 0 Å². The lowest BCUT2D eigenvalue weighted by Crippen LogP contribution is -2.38. The summed E-state index contributed by atoms with van der Waals surface area (Å²) in [6.45, 7) is 7.85. The zero-order valence-electron chi connectivity index (χ0n) is 23.1. The number of hydrogen-bond donors (Lipinski definition) is 0. The van der Waals surface area contributed by atoms with Gasteiger partial charge in [0, 0.05) is 37.2 Å². The van der Waals surface area contributed by atoms with Crippen LogP contribution in [0.5, 0.6) is 11.5 Å². The van der Waals surface area contributed by atoms with E-state index in [4.69, 9.17) is 23.7 Å². The number of morpholine rings is 1. The smallest absolute Gasteiger partial charge is 0.342 e. The number of carbonyl (C=O) groups excluding carboxylic acids is 4. The van der Waals surface area contributed by atoms with E-state index in [0.717, 1.165) is 24.2 Å². The van der Waals surface area contributed by atoms with Crippen molar-refractivity contribution in [1.29, 1.82) is 0 Å². The molecule has 0 radical (unpaired) electrons. The molecule has 214 valence electrons. The van der Waals surface area contributed by atoms with E-state index >= 15 is 0 Å². The van der Waals surface area contributed by atoms with Gasteiger partial charge in [0.25, 0.3) is 0 Å². The number of hydrogen-bond acceptors (Lipinski definition) is 11. The summed E-state index contributed by atoms with van der Waals surface area (Å²) >= 11 is 0. The Balaban J connectivity index is 1.68. The Labute approximate surface area is 228 Å². The van der Waals surface area contributed by atoms with Crippen LogP contribution < -0.4 is 9.47 Å². The van der Waals surface area contributed by atoms with Gasteiger partial charge in [-0.15, -0.1) is 0 Å². The third-order valence-corrected chi connectivity index (χ3v) is 6.76. The van der Waals surface area contributed by atoms with Crippen LogP contribution in [-0.2, 0) is 46.4 Å². The Hall–Kier alpha value is -3.44. The lowest BCUT2D eigenvalue weighted by Gasteiger charge is -2.26. The summed E-state index contributed by atoms with van der Waals surface area (Å²) < 4.78 is 31.8. The lowest BCUT2D eigenvalue weighted by atomic mass is 9.94. The van der Waals surface area contributed by atoms with Gasteiger partial charge in [0.1, 0.15) is 24.5 Å². The first-order valence-corrected chi connectivity index (χ1v) is 13.0. The number of ether oxygens (including phenoxy) is 6. The molecular formula is C28H37NO10. The second-order valence-corrected chi connectivity index (χ2v) is 9.37. The first-order valence-electron chi connectivity index (χ1n) is 13.0. The van der Waals surface area contributed by atoms with Crippen LogP contribution in [-0.4, -0.2) is 82.5 Å². The van der Waals surface area contributed by atoms with Crippen molar-refractivity contribution < 1.29 is 47.6 Å². The van der Waals surface area contributed by atoms with E-state index in [2.05, 4.69) is 9.64 Å². The molecule has 1 fully saturated rings. The van der Waals surface area contributed by atoms with Gasteiger partial charge in [-0.3, -0.25) is 19.3 Å². The van der Waals surface area contributed by atoms with Crippen LogP contribution in [0.3, 0.4) is 0 Å². The minimum Gasteiger partial charge on any atom is -0.496 e. The molecule has 0 unspecified atom stereocenters. The van der Waals surface area contributed by atoms with Crippen LogP contribution in [0.25, 0.3) is 0 Å². The van der Waals surface area contributed by atoms with Crippen molar-refractivity contribution in [1.82, 2.24) is 4.90 Å². The van der Waals surface area contributed by atoms with Gasteiger partial charge in [-0.1, -0.05) is 11.6 Å². The van der Waals surface area contributed by atoms with Gasteiger partial charge in [0.2, 0.25) is 0 Å². The summed E-state index contributed by atoms with van der Waals surface area (Å²) in [5.74, 6) is -1.55. The number of methoxy groups -OCH3 is 2. The number of fused-ring (bicyclic) bond motifs is 1. The number of benzene rings is 1. The fraction of sp³-hybridized carbons (Fsp3) is 0.571. The first kappa shape index (κ1) is 30.1. The van der Waals surface area contributed by atoms with Gasteiger partial charge in [-0.2, -0.15) is 0 Å². The van der Waals surface area contributed by atoms with Gasteiger partial charge in [0.05, 0.1) is 40.3 Å². The quantitative estimate of drug-likeness (QED) is 0.157. The molecule has 0 spiro atoms. The highest BCUT2D eigenvalue weighted by Crippen LogP contribution is 2.43. The standard InChI is InChI=1S/C28H37NO10/c1-18(6-8-23(31)37-16-13-29-11-14-36-15-12-29)5-7-20-26(35-4)19(2)21-17-38-28(33)25(21)27(20)39-24(32)10-9-22(30)34-3/h5H,6-17H2,1-4H3/b18-5+. The maximum atomic E-state index is 12.6. The zero-order chi connectivity index (χ0) is 28.4. The Morgan fingerprint density at radius 1 is 0.974 bits per heavy atom. The predicted molar refractivity (Wildman–Crippen MR) is 139 cm³/mol. The van der Waals surface area contributed by atoms with Crippen LogP contribution in [0, 0.1) is 6.92 Å². The van der Waals surface area contributed by atoms with E-state index in [1.165, 1.54) is 14.2 Å². The number of rotatable bonds is 13. The number of esters is 4. The SMILES string of the molecule is COC(=O)CCC(=O)Oc1c(C/C=C(\C)CCC(=O)OCCN2CCOCC2)c(OC)c(C)c2c1C(=O)OC2. The first-order chi connectivity index (χ1) is 18.7. The maximum Gasteiger partial charge on any atom is 0.342 e. The predicted octanol–water partition coefficient (Wildman–Crippen LogP) is 2.68. The molecule has 1 saturated heterocycles. The molecule has 0 aromatic heterocycles. The van der Waals surface area contributed by atoms with Crippen LogP contribution in [0.2, 0.25) is 0 Å². The topological polar surface area (TPSA) is 127 Å². The van der Waals surface area contributed by atoms with Crippen LogP contribution in [0.15, 0.2) is 11.6 Å². The summed E-state index contributed by atoms with van der Waals surface area (Å²) in [5.41, 5.74) is 2.93. The van der Waals surface area contributed by atoms with Crippen molar-refractivity contribution in [2.24, 2.45) is 0 Å². The molecule has 2 heterocycles. The Morgan fingerprint density at radius 2 is 1.67 bits per heavy atom. The average molecular weight is 548 g/mol. The number of carbonyl (C=O) groups is 4. The van der Waals surface area contributed by atoms with Crippen LogP contribution in [0.4, 0.5) is 0 Å². The van der Waals surface area contributed by atoms with Gasteiger partial charge in [-0.05, 0) is 32.3 Å². The van der Waals surface area contributed by atoms with E-state index in [0.29, 0.717) is 49.7 Å². The molecule has 0 bridgehead atoms. The molecule has 0 saturated carbocycles. The fourth-order valence-corrected chi connectivity index (χ4v) is 4.46. The molecule has 11 nitrogen and oxygen atoms in total. The van der Waals surface area contributed by atoms with Crippen molar-refractivity contribution >= 4 is 23.9 Å². The minimum absolute atomic E-state index is 0.0475. The lowest BCUT2D eigenvalue weighted by molar-refractivity contribution is -0.144.